The number of benzene rings is 1. The zero-order valence-corrected chi connectivity index (χ0v) is 8.61. The first-order valence-electron chi connectivity index (χ1n) is 4.31. The van der Waals surface area contributed by atoms with E-state index in [1.54, 1.807) is 30.3 Å². The minimum Gasteiger partial charge on any atom is -0.223 e. The lowest BCUT2D eigenvalue weighted by atomic mass is 10.4. The van der Waals surface area contributed by atoms with Gasteiger partial charge in [0.05, 0.1) is 16.8 Å². The van der Waals surface area contributed by atoms with E-state index in [4.69, 9.17) is 0 Å². The van der Waals surface area contributed by atoms with Crippen LogP contribution >= 0.6 is 0 Å². The van der Waals surface area contributed by atoms with E-state index in [1.165, 1.54) is 6.20 Å². The second-order valence-corrected chi connectivity index (χ2v) is 5.02. The zero-order valence-electron chi connectivity index (χ0n) is 7.79. The van der Waals surface area contributed by atoms with E-state index in [0.717, 1.165) is 0 Å². The molecule has 0 saturated carbocycles. The van der Waals surface area contributed by atoms with Crippen LogP contribution < -0.4 is 0 Å². The normalized spacial score (nSPS) is 11.5. The molecule has 6 heteroatoms. The fourth-order valence-corrected chi connectivity index (χ4v) is 2.47. The number of aromatic nitrogens is 3. The average Bonchev–Trinajstić information content (AvgIpc) is 2.71. The fraction of sp³-hybridized carbons (Fsp3) is 0.111. The van der Waals surface area contributed by atoms with E-state index in [1.807, 2.05) is 0 Å². The highest BCUT2D eigenvalue weighted by molar-refractivity contribution is 7.90. The number of nitrogens with zero attached hydrogens (tertiary/aromatic N) is 2. The Balaban J connectivity index is 2.29. The quantitative estimate of drug-likeness (QED) is 0.834. The maximum absolute atomic E-state index is 11.8. The van der Waals surface area contributed by atoms with Crippen molar-refractivity contribution in [3.05, 3.63) is 42.2 Å². The van der Waals surface area contributed by atoms with Gasteiger partial charge in [-0.3, -0.25) is 0 Å². The average molecular weight is 223 g/mol. The molecule has 1 N–H and O–H groups in total. The highest BCUT2D eigenvalue weighted by Gasteiger charge is 2.15. The molecule has 0 radical (unpaired) electrons. The Morgan fingerprint density at radius 3 is 2.53 bits per heavy atom. The van der Waals surface area contributed by atoms with Gasteiger partial charge in [-0.25, -0.2) is 8.42 Å². The van der Waals surface area contributed by atoms with Crippen LogP contribution in [-0.4, -0.2) is 23.8 Å². The van der Waals surface area contributed by atoms with Crippen molar-refractivity contribution in [2.45, 2.75) is 10.6 Å². The molecular formula is C9H9N3O2S. The van der Waals surface area contributed by atoms with E-state index >= 15 is 0 Å². The molecule has 0 aliphatic carbocycles. The van der Waals surface area contributed by atoms with Crippen LogP contribution in [0.25, 0.3) is 0 Å². The van der Waals surface area contributed by atoms with Crippen LogP contribution in [-0.2, 0) is 15.6 Å². The molecule has 1 heterocycles. The minimum atomic E-state index is -3.31. The second kappa shape index (κ2) is 3.82. The summed E-state index contributed by atoms with van der Waals surface area (Å²) >= 11 is 0. The largest absolute Gasteiger partial charge is 0.223 e. The summed E-state index contributed by atoms with van der Waals surface area (Å²) in [5.74, 6) is -0.131. The first-order valence-corrected chi connectivity index (χ1v) is 5.96. The molecule has 78 valence electrons. The summed E-state index contributed by atoms with van der Waals surface area (Å²) in [6.07, 6.45) is 1.40. The molecule has 0 bridgehead atoms. The summed E-state index contributed by atoms with van der Waals surface area (Å²) in [6.45, 7) is 0. The third-order valence-electron chi connectivity index (χ3n) is 1.91. The third kappa shape index (κ3) is 2.21. The van der Waals surface area contributed by atoms with Gasteiger partial charge in [0.1, 0.15) is 5.75 Å². The van der Waals surface area contributed by atoms with Crippen molar-refractivity contribution in [2.24, 2.45) is 0 Å². The van der Waals surface area contributed by atoms with Gasteiger partial charge in [0.2, 0.25) is 0 Å². The summed E-state index contributed by atoms with van der Waals surface area (Å²) in [4.78, 5) is 0.299. The Hall–Kier alpha value is -1.69. The molecule has 0 aliphatic rings. The van der Waals surface area contributed by atoms with Crippen LogP contribution in [0.15, 0.2) is 41.4 Å². The Morgan fingerprint density at radius 1 is 1.20 bits per heavy atom. The van der Waals surface area contributed by atoms with Gasteiger partial charge in [-0.2, -0.15) is 15.4 Å². The number of rotatable bonds is 3. The van der Waals surface area contributed by atoms with E-state index in [2.05, 4.69) is 15.4 Å². The van der Waals surface area contributed by atoms with Crippen molar-refractivity contribution in [3.63, 3.8) is 0 Å². The molecule has 0 spiro atoms. The monoisotopic (exact) mass is 223 g/mol. The maximum atomic E-state index is 11.8. The number of nitrogens with one attached hydrogen (secondary N) is 1. The van der Waals surface area contributed by atoms with Crippen molar-refractivity contribution < 1.29 is 8.42 Å². The van der Waals surface area contributed by atoms with Crippen LogP contribution in [0, 0.1) is 0 Å². The Bertz CT molecular complexity index is 520. The summed E-state index contributed by atoms with van der Waals surface area (Å²) in [7, 11) is -3.31. The van der Waals surface area contributed by atoms with Gasteiger partial charge in [-0.15, -0.1) is 0 Å². The Labute approximate surface area is 87.1 Å². The SMILES string of the molecule is O=S(=O)(Cc1cn[nH]n1)c1ccccc1. The first-order chi connectivity index (χ1) is 7.18. The Morgan fingerprint density at radius 2 is 1.93 bits per heavy atom. The molecule has 1 aromatic carbocycles. The van der Waals surface area contributed by atoms with Crippen molar-refractivity contribution in [1.82, 2.24) is 15.4 Å². The fourth-order valence-electron chi connectivity index (χ4n) is 1.20. The minimum absolute atomic E-state index is 0.131. The third-order valence-corrected chi connectivity index (χ3v) is 3.57. The molecule has 15 heavy (non-hydrogen) atoms. The first kappa shape index (κ1) is 9.85. The van der Waals surface area contributed by atoms with Crippen LogP contribution in [0.3, 0.4) is 0 Å². The van der Waals surface area contributed by atoms with Gasteiger partial charge >= 0.3 is 0 Å². The van der Waals surface area contributed by atoms with Crippen LogP contribution in [0.4, 0.5) is 0 Å². The van der Waals surface area contributed by atoms with Crippen molar-refractivity contribution >= 4 is 9.84 Å². The standard InChI is InChI=1S/C9H9N3O2S/c13-15(14,7-8-6-10-12-11-8)9-4-2-1-3-5-9/h1-6H,7H2,(H,10,11,12). The van der Waals surface area contributed by atoms with Crippen molar-refractivity contribution in [3.8, 4) is 0 Å². The predicted octanol–water partition coefficient (Wildman–Crippen LogP) is 0.779. The van der Waals surface area contributed by atoms with E-state index in [-0.39, 0.29) is 5.75 Å². The number of H-pyrrole nitrogens is 1. The zero-order chi connectivity index (χ0) is 10.7. The molecule has 1 aromatic heterocycles. The summed E-state index contributed by atoms with van der Waals surface area (Å²) in [6, 6.07) is 8.28. The maximum Gasteiger partial charge on any atom is 0.184 e. The molecule has 2 aromatic rings. The van der Waals surface area contributed by atoms with E-state index in [9.17, 15) is 8.42 Å². The van der Waals surface area contributed by atoms with Crippen LogP contribution in [0.5, 0.6) is 0 Å². The smallest absolute Gasteiger partial charge is 0.184 e. The van der Waals surface area contributed by atoms with Gasteiger partial charge in [0.15, 0.2) is 9.84 Å². The van der Waals surface area contributed by atoms with Crippen molar-refractivity contribution in [2.75, 3.05) is 0 Å². The van der Waals surface area contributed by atoms with Crippen molar-refractivity contribution in [1.29, 1.82) is 0 Å². The second-order valence-electron chi connectivity index (χ2n) is 3.03. The van der Waals surface area contributed by atoms with Gasteiger partial charge in [-0.05, 0) is 12.1 Å². The summed E-state index contributed by atoms with van der Waals surface area (Å²) in [5.41, 5.74) is 0.416. The van der Waals surface area contributed by atoms with Gasteiger partial charge < -0.3 is 0 Å². The molecular weight excluding hydrogens is 214 g/mol. The number of hydrogen-bond acceptors (Lipinski definition) is 4. The molecule has 0 atom stereocenters. The predicted molar refractivity (Wildman–Crippen MR) is 53.7 cm³/mol. The lowest BCUT2D eigenvalue weighted by Crippen LogP contribution is -2.04. The Kier molecular flexibility index (Phi) is 2.51. The van der Waals surface area contributed by atoms with Crippen LogP contribution in [0.1, 0.15) is 5.69 Å². The number of hydrogen-bond donors (Lipinski definition) is 1. The van der Waals surface area contributed by atoms with Gasteiger partial charge in [0, 0.05) is 0 Å². The van der Waals surface area contributed by atoms with E-state index in [0.29, 0.717) is 10.6 Å². The highest BCUT2D eigenvalue weighted by Crippen LogP contribution is 2.13. The summed E-state index contributed by atoms with van der Waals surface area (Å²) < 4.78 is 23.6. The molecule has 0 aliphatic heterocycles. The molecule has 0 fully saturated rings. The number of aromatic amines is 1. The van der Waals surface area contributed by atoms with Gasteiger partial charge in [-0.1, -0.05) is 18.2 Å². The summed E-state index contributed by atoms with van der Waals surface area (Å²) in [5, 5.41) is 9.65. The molecule has 0 unspecified atom stereocenters. The lowest BCUT2D eigenvalue weighted by molar-refractivity contribution is 0.594. The van der Waals surface area contributed by atoms with Crippen LogP contribution in [0.2, 0.25) is 0 Å². The highest BCUT2D eigenvalue weighted by atomic mass is 32.2. The number of sulfone groups is 1. The molecule has 0 amide bonds. The van der Waals surface area contributed by atoms with E-state index < -0.39 is 9.84 Å². The molecule has 0 saturated heterocycles. The topological polar surface area (TPSA) is 75.7 Å². The molecule has 5 nitrogen and oxygen atoms in total. The van der Waals surface area contributed by atoms with Gasteiger partial charge in [0.25, 0.3) is 0 Å². The molecule has 2 rings (SSSR count). The lowest BCUT2D eigenvalue weighted by Gasteiger charge is -2.00.